The van der Waals surface area contributed by atoms with Gasteiger partial charge in [-0.15, -0.1) is 29.7 Å². The maximum absolute atomic E-state index is 13.5. The molecule has 1 amide bonds. The molecule has 0 spiro atoms. The third kappa shape index (κ3) is 4.46. The number of rotatable bonds is 6. The number of halogens is 6. The summed E-state index contributed by atoms with van der Waals surface area (Å²) in [5, 5.41) is 0.209. The van der Waals surface area contributed by atoms with Crippen LogP contribution in [0.15, 0.2) is 35.1 Å². The number of benzene rings is 1. The molecule has 0 bridgehead atoms. The Bertz CT molecular complexity index is 1160. The molecule has 0 aliphatic carbocycles. The van der Waals surface area contributed by atoms with Crippen molar-refractivity contribution < 1.29 is 35.2 Å². The summed E-state index contributed by atoms with van der Waals surface area (Å²) >= 11 is 6.54. The van der Waals surface area contributed by atoms with E-state index >= 15 is 0 Å². The summed E-state index contributed by atoms with van der Waals surface area (Å²) in [6.07, 6.45) is -4.06. The van der Waals surface area contributed by atoms with Gasteiger partial charge in [-0.05, 0) is 19.1 Å². The zero-order valence-electron chi connectivity index (χ0n) is 15.3. The molecule has 2 N–H and O–H groups in total. The van der Waals surface area contributed by atoms with Gasteiger partial charge in [0.25, 0.3) is 15.9 Å². The van der Waals surface area contributed by atoms with Gasteiger partial charge in [0, 0.05) is 16.6 Å². The number of nitrogens with one attached hydrogen (secondary N) is 2. The first kappa shape index (κ1) is 24.0. The van der Waals surface area contributed by atoms with Crippen molar-refractivity contribution in [3.63, 3.8) is 0 Å². The van der Waals surface area contributed by atoms with Gasteiger partial charge in [-0.1, -0.05) is 17.7 Å². The monoisotopic (exact) mass is 518 g/mol. The van der Waals surface area contributed by atoms with Gasteiger partial charge in [0.2, 0.25) is 0 Å². The Morgan fingerprint density at radius 2 is 1.94 bits per heavy atom. The fraction of sp³-hybridized carbons (Fsp3) is 0.235. The number of thioether (sulfide) groups is 1. The van der Waals surface area contributed by atoms with Crippen LogP contribution < -0.4 is 10.0 Å². The van der Waals surface area contributed by atoms with Crippen LogP contribution in [0.25, 0.3) is 0 Å². The molecule has 3 rings (SSSR count). The van der Waals surface area contributed by atoms with E-state index in [1.165, 1.54) is 6.92 Å². The van der Waals surface area contributed by atoms with Crippen molar-refractivity contribution in [3.8, 4) is 0 Å². The molecule has 0 saturated carbocycles. The number of carbonyl (C=O) groups excluding carboxylic acids is 1. The Morgan fingerprint density at radius 3 is 2.45 bits per heavy atom. The first-order valence-electron chi connectivity index (χ1n) is 8.18. The number of hydrogen-bond donors (Lipinski definition) is 2. The van der Waals surface area contributed by atoms with E-state index in [0.29, 0.717) is 35.2 Å². The fourth-order valence-corrected chi connectivity index (χ4v) is 6.85. The highest BCUT2D eigenvalue weighted by atomic mass is 35.5. The van der Waals surface area contributed by atoms with Gasteiger partial charge in [-0.25, -0.2) is 17.2 Å². The number of aryl methyl sites for hydroxylation is 1. The molecule has 0 radical (unpaired) electrons. The lowest BCUT2D eigenvalue weighted by atomic mass is 10.1. The van der Waals surface area contributed by atoms with Gasteiger partial charge < -0.3 is 5.32 Å². The maximum atomic E-state index is 13.5. The Labute approximate surface area is 186 Å². The number of thiophene rings is 1. The second-order valence-electron chi connectivity index (χ2n) is 6.36. The summed E-state index contributed by atoms with van der Waals surface area (Å²) in [7, 11) is -4.38. The van der Waals surface area contributed by atoms with E-state index in [1.54, 1.807) is 0 Å². The van der Waals surface area contributed by atoms with Crippen molar-refractivity contribution in [2.24, 2.45) is 0 Å². The van der Waals surface area contributed by atoms with Crippen LogP contribution in [0.1, 0.15) is 15.2 Å². The van der Waals surface area contributed by atoms with Gasteiger partial charge in [0.15, 0.2) is 16.4 Å². The zero-order chi connectivity index (χ0) is 23.4. The van der Waals surface area contributed by atoms with Crippen LogP contribution in [0, 0.1) is 18.6 Å². The van der Waals surface area contributed by atoms with E-state index in [1.807, 2.05) is 4.72 Å². The van der Waals surface area contributed by atoms with E-state index < -0.39 is 48.9 Å². The third-order valence-electron chi connectivity index (χ3n) is 4.30. The molecule has 1 unspecified atom stereocenters. The van der Waals surface area contributed by atoms with Gasteiger partial charge in [-0.2, -0.15) is 17.9 Å². The Hall–Kier alpha value is -1.67. The summed E-state index contributed by atoms with van der Waals surface area (Å²) in [6.45, 7) is 4.55. The molecule has 31 heavy (non-hydrogen) atoms. The molecule has 1 aromatic carbocycles. The van der Waals surface area contributed by atoms with Crippen LogP contribution in [0.5, 0.6) is 0 Å². The first-order valence-corrected chi connectivity index (χ1v) is 11.7. The van der Waals surface area contributed by atoms with E-state index in [2.05, 4.69) is 11.9 Å². The van der Waals surface area contributed by atoms with Crippen LogP contribution in [-0.2, 0) is 10.0 Å². The second-order valence-corrected chi connectivity index (χ2v) is 11.3. The molecule has 5 nitrogen and oxygen atoms in total. The van der Waals surface area contributed by atoms with E-state index in [-0.39, 0.29) is 20.3 Å². The molecular weight excluding hydrogens is 507 g/mol. The summed E-state index contributed by atoms with van der Waals surface area (Å²) in [6, 6.07) is 2.64. The number of anilines is 1. The number of carbonyl (C=O) groups is 1. The minimum absolute atomic E-state index is 0.111. The van der Waals surface area contributed by atoms with Crippen molar-refractivity contribution in [2.45, 2.75) is 27.4 Å². The normalized spacial score (nSPS) is 21.1. The van der Waals surface area contributed by atoms with Gasteiger partial charge in [-0.3, -0.25) is 4.79 Å². The maximum Gasteiger partial charge on any atom is 0.409 e. The minimum Gasteiger partial charge on any atom is -0.322 e. The SMILES string of the molecule is C=C[C@@]1(C(F)(F)F)SC1NS(=O)(=O)c1cc(C(=O)Nc2cc(F)c(F)c(Cl)c2)c(C)s1. The lowest BCUT2D eigenvalue weighted by Gasteiger charge is -2.14. The number of sulfonamides is 1. The van der Waals surface area contributed by atoms with E-state index in [4.69, 9.17) is 11.6 Å². The predicted octanol–water partition coefficient (Wildman–Crippen LogP) is 5.08. The molecular formula is C17H12ClF5N2O3S3. The molecule has 14 heteroatoms. The van der Waals surface area contributed by atoms with Crippen molar-refractivity contribution in [1.29, 1.82) is 0 Å². The van der Waals surface area contributed by atoms with Gasteiger partial charge in [0.05, 0.1) is 16.0 Å². The lowest BCUT2D eigenvalue weighted by Crippen LogP contribution is -2.39. The highest BCUT2D eigenvalue weighted by Crippen LogP contribution is 2.62. The molecule has 1 aromatic heterocycles. The summed E-state index contributed by atoms with van der Waals surface area (Å²) in [5.74, 6) is -3.43. The van der Waals surface area contributed by atoms with Crippen LogP contribution in [0.2, 0.25) is 5.02 Å². The van der Waals surface area contributed by atoms with Crippen LogP contribution in [0.3, 0.4) is 0 Å². The Morgan fingerprint density at radius 1 is 1.29 bits per heavy atom. The van der Waals surface area contributed by atoms with Crippen molar-refractivity contribution >= 4 is 56.3 Å². The molecule has 1 saturated heterocycles. The molecule has 2 atom stereocenters. The molecule has 168 valence electrons. The van der Waals surface area contributed by atoms with Crippen molar-refractivity contribution in [2.75, 3.05) is 5.32 Å². The smallest absolute Gasteiger partial charge is 0.322 e. The Kier molecular flexibility index (Phi) is 6.21. The van der Waals surface area contributed by atoms with Crippen LogP contribution in [-0.4, -0.2) is 30.6 Å². The van der Waals surface area contributed by atoms with Gasteiger partial charge >= 0.3 is 6.18 Å². The van der Waals surface area contributed by atoms with E-state index in [9.17, 15) is 35.2 Å². The standard InChI is InChI=1S/C17H12ClF5N2O3S3/c1-3-16(17(21,22)23)15(30-16)25-31(27,28)12-6-9(7(2)29-12)14(26)24-8-4-10(18)13(20)11(19)5-8/h3-6,15,25H,1H2,2H3,(H,24,26)/t15?,16-/m1/s1. The quantitative estimate of drug-likeness (QED) is 0.242. The largest absolute Gasteiger partial charge is 0.409 e. The van der Waals surface area contributed by atoms with Crippen LogP contribution in [0.4, 0.5) is 27.6 Å². The molecule has 1 fully saturated rings. The highest BCUT2D eigenvalue weighted by molar-refractivity contribution is 8.09. The third-order valence-corrected chi connectivity index (χ3v) is 9.17. The molecule has 1 aliphatic heterocycles. The van der Waals surface area contributed by atoms with Gasteiger partial charge in [0.1, 0.15) is 4.21 Å². The zero-order valence-corrected chi connectivity index (χ0v) is 18.5. The lowest BCUT2D eigenvalue weighted by molar-refractivity contribution is -0.139. The van der Waals surface area contributed by atoms with Crippen molar-refractivity contribution in [3.05, 3.63) is 58.0 Å². The van der Waals surface area contributed by atoms with E-state index in [0.717, 1.165) is 12.1 Å². The minimum atomic E-state index is -4.70. The predicted molar refractivity (Wildman–Crippen MR) is 109 cm³/mol. The van der Waals surface area contributed by atoms with Crippen molar-refractivity contribution in [1.82, 2.24) is 4.72 Å². The summed E-state index contributed by atoms with van der Waals surface area (Å²) in [5.41, 5.74) is -0.280. The average molecular weight is 519 g/mol. The fourth-order valence-electron chi connectivity index (χ4n) is 2.60. The topological polar surface area (TPSA) is 75.3 Å². The number of alkyl halides is 3. The number of amides is 1. The second kappa shape index (κ2) is 8.03. The molecule has 1 aliphatic rings. The average Bonchev–Trinajstić information content (AvgIpc) is 3.21. The summed E-state index contributed by atoms with van der Waals surface area (Å²) < 4.78 is 90.4. The first-order chi connectivity index (χ1) is 14.2. The summed E-state index contributed by atoms with van der Waals surface area (Å²) in [4.78, 5) is 12.7. The molecule has 2 heterocycles. The molecule has 2 aromatic rings. The van der Waals surface area contributed by atoms with Crippen LogP contribution >= 0.6 is 34.7 Å². The highest BCUT2D eigenvalue weighted by Gasteiger charge is 2.71. The number of hydrogen-bond acceptors (Lipinski definition) is 5. The Balaban J connectivity index is 1.80.